The summed E-state index contributed by atoms with van der Waals surface area (Å²) >= 11 is 0. The van der Waals surface area contributed by atoms with Gasteiger partial charge < -0.3 is 9.84 Å². The first-order chi connectivity index (χ1) is 7.79. The van der Waals surface area contributed by atoms with Gasteiger partial charge in [0.2, 0.25) is 0 Å². The average molecular weight is 269 g/mol. The third kappa shape index (κ3) is 15.3. The Morgan fingerprint density at radius 1 is 1.35 bits per heavy atom. The van der Waals surface area contributed by atoms with E-state index in [-0.39, 0.29) is 6.42 Å². The van der Waals surface area contributed by atoms with Gasteiger partial charge in [-0.25, -0.2) is 0 Å². The number of nitrogens with zero attached hydrogens (tertiary/aromatic N) is 1. The molecule has 0 aromatic heterocycles. The lowest BCUT2D eigenvalue weighted by Crippen LogP contribution is -2.36. The predicted octanol–water partition coefficient (Wildman–Crippen LogP) is -0.313. The molecule has 1 saturated heterocycles. The molecule has 17 heavy (non-hydrogen) atoms. The quantitative estimate of drug-likeness (QED) is 0.674. The molecule has 1 rings (SSSR count). The summed E-state index contributed by atoms with van der Waals surface area (Å²) in [6.07, 6.45) is 1.74. The van der Waals surface area contributed by atoms with Gasteiger partial charge in [-0.2, -0.15) is 8.42 Å². The van der Waals surface area contributed by atoms with Crippen LogP contribution in [0.15, 0.2) is 0 Å². The average Bonchev–Trinajstić information content (AvgIpc) is 2.16. The van der Waals surface area contributed by atoms with Crippen LogP contribution in [0.25, 0.3) is 0 Å². The minimum absolute atomic E-state index is 0.275. The molecule has 0 aromatic rings. The van der Waals surface area contributed by atoms with Crippen molar-refractivity contribution >= 4 is 16.1 Å². The van der Waals surface area contributed by atoms with Crippen molar-refractivity contribution in [2.24, 2.45) is 0 Å². The molecule has 7 nitrogen and oxygen atoms in total. The Morgan fingerprint density at radius 2 is 1.82 bits per heavy atom. The van der Waals surface area contributed by atoms with Crippen LogP contribution in [-0.2, 0) is 19.6 Å². The van der Waals surface area contributed by atoms with Gasteiger partial charge in [-0.1, -0.05) is 0 Å². The van der Waals surface area contributed by atoms with Crippen LogP contribution in [-0.4, -0.2) is 68.1 Å². The summed E-state index contributed by atoms with van der Waals surface area (Å²) < 4.78 is 31.0. The molecule has 0 aromatic carbocycles. The topological polar surface area (TPSA) is 104 Å². The van der Waals surface area contributed by atoms with Gasteiger partial charge >= 0.3 is 5.97 Å². The summed E-state index contributed by atoms with van der Waals surface area (Å²) in [6, 6.07) is 0. The SMILES string of the molecule is CS(=O)(=O)O.O=C(O)CCCN1CCOCC1. The Kier molecular flexibility index (Phi) is 8.05. The summed E-state index contributed by atoms with van der Waals surface area (Å²) in [6.45, 7) is 4.34. The Morgan fingerprint density at radius 3 is 2.24 bits per heavy atom. The maximum atomic E-state index is 10.2. The van der Waals surface area contributed by atoms with E-state index in [1.165, 1.54) is 0 Å². The number of ether oxygens (including phenoxy) is 1. The standard InChI is InChI=1S/C8H15NO3.CH4O3S/c10-8(11)2-1-3-9-4-6-12-7-5-9;1-5(2,3)4/h1-7H2,(H,10,11);1H3,(H,2,3,4). The number of carboxylic acids is 1. The maximum absolute atomic E-state index is 10.2. The molecule has 0 bridgehead atoms. The molecule has 0 atom stereocenters. The van der Waals surface area contributed by atoms with Crippen LogP contribution in [0.3, 0.4) is 0 Å². The van der Waals surface area contributed by atoms with Crippen LogP contribution in [0.1, 0.15) is 12.8 Å². The molecule has 1 aliphatic rings. The molecule has 0 amide bonds. The second kappa shape index (κ2) is 8.40. The highest BCUT2D eigenvalue weighted by atomic mass is 32.2. The van der Waals surface area contributed by atoms with E-state index < -0.39 is 16.1 Å². The third-order valence-corrected chi connectivity index (χ3v) is 1.97. The van der Waals surface area contributed by atoms with Crippen molar-refractivity contribution < 1.29 is 27.6 Å². The van der Waals surface area contributed by atoms with Crippen LogP contribution in [0.4, 0.5) is 0 Å². The maximum Gasteiger partial charge on any atom is 0.303 e. The molecule has 8 heteroatoms. The van der Waals surface area contributed by atoms with E-state index in [1.54, 1.807) is 0 Å². The van der Waals surface area contributed by atoms with Gasteiger partial charge in [0, 0.05) is 19.5 Å². The van der Waals surface area contributed by atoms with Gasteiger partial charge in [0.25, 0.3) is 10.1 Å². The Labute approximate surface area is 101 Å². The van der Waals surface area contributed by atoms with E-state index in [9.17, 15) is 13.2 Å². The second-order valence-electron chi connectivity index (χ2n) is 3.68. The van der Waals surface area contributed by atoms with Crippen molar-refractivity contribution in [1.29, 1.82) is 0 Å². The molecule has 0 saturated carbocycles. The van der Waals surface area contributed by atoms with Crippen LogP contribution in [0.2, 0.25) is 0 Å². The zero-order valence-corrected chi connectivity index (χ0v) is 10.6. The van der Waals surface area contributed by atoms with E-state index in [4.69, 9.17) is 14.4 Å². The summed E-state index contributed by atoms with van der Waals surface area (Å²) in [4.78, 5) is 12.4. The highest BCUT2D eigenvalue weighted by Gasteiger charge is 2.09. The Balaban J connectivity index is 0.000000437. The highest BCUT2D eigenvalue weighted by molar-refractivity contribution is 7.85. The fraction of sp³-hybridized carbons (Fsp3) is 0.889. The van der Waals surface area contributed by atoms with Gasteiger partial charge in [-0.3, -0.25) is 14.2 Å². The van der Waals surface area contributed by atoms with E-state index in [0.29, 0.717) is 6.26 Å². The van der Waals surface area contributed by atoms with Crippen molar-refractivity contribution in [2.75, 3.05) is 39.1 Å². The zero-order chi connectivity index (χ0) is 13.3. The fourth-order valence-electron chi connectivity index (χ4n) is 1.28. The molecular weight excluding hydrogens is 250 g/mol. The number of hydrogen-bond acceptors (Lipinski definition) is 5. The summed E-state index contributed by atoms with van der Waals surface area (Å²) in [5.41, 5.74) is 0. The monoisotopic (exact) mass is 269 g/mol. The van der Waals surface area contributed by atoms with Crippen LogP contribution >= 0.6 is 0 Å². The van der Waals surface area contributed by atoms with Crippen LogP contribution < -0.4 is 0 Å². The minimum atomic E-state index is -3.67. The van der Waals surface area contributed by atoms with E-state index in [2.05, 4.69) is 4.90 Å². The minimum Gasteiger partial charge on any atom is -0.481 e. The molecule has 1 heterocycles. The first-order valence-electron chi connectivity index (χ1n) is 5.23. The number of carbonyl (C=O) groups is 1. The molecule has 1 fully saturated rings. The molecule has 0 spiro atoms. The number of carboxylic acid groups (broad SMARTS) is 1. The molecule has 102 valence electrons. The van der Waals surface area contributed by atoms with Crippen molar-refractivity contribution in [2.45, 2.75) is 12.8 Å². The number of rotatable bonds is 4. The molecule has 0 aliphatic carbocycles. The van der Waals surface area contributed by atoms with E-state index in [0.717, 1.165) is 39.3 Å². The molecule has 2 N–H and O–H groups in total. The molecule has 0 radical (unpaired) electrons. The summed E-state index contributed by atoms with van der Waals surface area (Å²) in [5, 5.41) is 8.40. The van der Waals surface area contributed by atoms with Gasteiger partial charge in [0.1, 0.15) is 0 Å². The van der Waals surface area contributed by atoms with Crippen molar-refractivity contribution in [3.8, 4) is 0 Å². The number of hydrogen-bond donors (Lipinski definition) is 2. The molecule has 0 unspecified atom stereocenters. The largest absolute Gasteiger partial charge is 0.481 e. The Hall–Kier alpha value is -0.700. The normalized spacial score (nSPS) is 17.1. The number of morpholine rings is 1. The van der Waals surface area contributed by atoms with Crippen molar-refractivity contribution in [3.05, 3.63) is 0 Å². The van der Waals surface area contributed by atoms with Crippen molar-refractivity contribution in [1.82, 2.24) is 4.90 Å². The molecule has 1 aliphatic heterocycles. The van der Waals surface area contributed by atoms with Gasteiger partial charge in [0.15, 0.2) is 0 Å². The van der Waals surface area contributed by atoms with Crippen LogP contribution in [0, 0.1) is 0 Å². The lowest BCUT2D eigenvalue weighted by atomic mass is 10.3. The Bertz CT molecular complexity index is 301. The first kappa shape index (κ1) is 16.3. The number of aliphatic carboxylic acids is 1. The van der Waals surface area contributed by atoms with Gasteiger partial charge in [-0.05, 0) is 13.0 Å². The van der Waals surface area contributed by atoms with E-state index >= 15 is 0 Å². The summed E-state index contributed by atoms with van der Waals surface area (Å²) in [5.74, 6) is -0.705. The van der Waals surface area contributed by atoms with E-state index in [1.807, 2.05) is 0 Å². The zero-order valence-electron chi connectivity index (χ0n) is 9.83. The lowest BCUT2D eigenvalue weighted by molar-refractivity contribution is -0.137. The smallest absolute Gasteiger partial charge is 0.303 e. The lowest BCUT2D eigenvalue weighted by Gasteiger charge is -2.26. The van der Waals surface area contributed by atoms with Gasteiger partial charge in [-0.15, -0.1) is 0 Å². The van der Waals surface area contributed by atoms with Crippen molar-refractivity contribution in [3.63, 3.8) is 0 Å². The third-order valence-electron chi connectivity index (χ3n) is 1.97. The van der Waals surface area contributed by atoms with Crippen LogP contribution in [0.5, 0.6) is 0 Å². The second-order valence-corrected chi connectivity index (χ2v) is 5.15. The summed E-state index contributed by atoms with van der Waals surface area (Å²) in [7, 11) is -3.67. The first-order valence-corrected chi connectivity index (χ1v) is 7.08. The van der Waals surface area contributed by atoms with Gasteiger partial charge in [0.05, 0.1) is 19.5 Å². The predicted molar refractivity (Wildman–Crippen MR) is 61.6 cm³/mol. The highest BCUT2D eigenvalue weighted by Crippen LogP contribution is 1.99. The fourth-order valence-corrected chi connectivity index (χ4v) is 1.28. The molecular formula is C9H19NO6S.